The molecule has 3 nitrogen and oxygen atoms in total. The van der Waals surface area contributed by atoms with Gasteiger partial charge in [0.2, 0.25) is 0 Å². The predicted octanol–water partition coefficient (Wildman–Crippen LogP) is 5.16. The molecule has 3 aromatic carbocycles. The molecule has 0 aliphatic rings. The summed E-state index contributed by atoms with van der Waals surface area (Å²) in [5.74, 6) is 0.848. The van der Waals surface area contributed by atoms with Gasteiger partial charge >= 0.3 is 0 Å². The van der Waals surface area contributed by atoms with Gasteiger partial charge in [0.1, 0.15) is 17.2 Å². The van der Waals surface area contributed by atoms with Crippen LogP contribution in [0.3, 0.4) is 0 Å². The Labute approximate surface area is 160 Å². The average molecular weight is 362 g/mol. The van der Waals surface area contributed by atoms with Crippen LogP contribution in [-0.4, -0.2) is 15.3 Å². The Bertz CT molecular complexity index is 974. The van der Waals surface area contributed by atoms with Crippen LogP contribution >= 0.6 is 0 Å². The van der Waals surface area contributed by atoms with Gasteiger partial charge in [0, 0.05) is 18.4 Å². The van der Waals surface area contributed by atoms with E-state index < -0.39 is 0 Å². The van der Waals surface area contributed by atoms with Crippen molar-refractivity contribution in [1.82, 2.24) is 0 Å². The normalized spacial score (nSPS) is 10.9. The summed E-state index contributed by atoms with van der Waals surface area (Å²) in [7, 11) is 0. The topological polar surface area (TPSA) is 60.7 Å². The lowest BCUT2D eigenvalue weighted by Gasteiger charge is -2.14. The van der Waals surface area contributed by atoms with E-state index in [-0.39, 0.29) is 11.5 Å². The van der Waals surface area contributed by atoms with Crippen LogP contribution in [0.1, 0.15) is 45.9 Å². The fraction of sp³-hybridized carbons (Fsp3) is 0.250. The molecule has 0 spiro atoms. The first-order chi connectivity index (χ1) is 12.9. The number of aromatic hydroxyl groups is 3. The summed E-state index contributed by atoms with van der Waals surface area (Å²) in [5, 5.41) is 31.2. The lowest BCUT2D eigenvalue weighted by molar-refractivity contribution is 0.459. The lowest BCUT2D eigenvalue weighted by atomic mass is 9.94. The molecule has 0 unspecified atom stereocenters. The summed E-state index contributed by atoms with van der Waals surface area (Å²) < 4.78 is 0. The Hall–Kier alpha value is -2.94. The van der Waals surface area contributed by atoms with Crippen LogP contribution in [0.25, 0.3) is 0 Å². The standard InChI is InChI=1S/C24H26O3/c1-4-18-6-5-7-19(24(18)27)12-17-10-11-22(25)20(13-17)14-21-15(2)8-9-16(3)23(21)26/h5-11,13,25-27H,4,12,14H2,1-3H3. The Morgan fingerprint density at radius 2 is 1.41 bits per heavy atom. The molecular formula is C24H26O3. The van der Waals surface area contributed by atoms with Gasteiger partial charge in [0.25, 0.3) is 0 Å². The number of para-hydroxylation sites is 1. The molecular weight excluding hydrogens is 336 g/mol. The van der Waals surface area contributed by atoms with E-state index in [1.165, 1.54) is 0 Å². The van der Waals surface area contributed by atoms with Crippen molar-refractivity contribution in [2.75, 3.05) is 0 Å². The zero-order valence-corrected chi connectivity index (χ0v) is 16.1. The van der Waals surface area contributed by atoms with Crippen LogP contribution < -0.4 is 0 Å². The minimum atomic E-state index is 0.214. The van der Waals surface area contributed by atoms with Crippen molar-refractivity contribution in [2.24, 2.45) is 0 Å². The Balaban J connectivity index is 1.93. The van der Waals surface area contributed by atoms with E-state index in [1.807, 2.05) is 63.2 Å². The highest BCUT2D eigenvalue weighted by molar-refractivity contribution is 5.50. The number of phenolic OH excluding ortho intramolecular Hbond substituents is 3. The molecule has 0 bridgehead atoms. The van der Waals surface area contributed by atoms with Gasteiger partial charge in [0.15, 0.2) is 0 Å². The lowest BCUT2D eigenvalue weighted by Crippen LogP contribution is -1.97. The zero-order chi connectivity index (χ0) is 19.6. The van der Waals surface area contributed by atoms with E-state index in [0.29, 0.717) is 18.6 Å². The van der Waals surface area contributed by atoms with Crippen molar-refractivity contribution in [1.29, 1.82) is 0 Å². The summed E-state index contributed by atoms with van der Waals surface area (Å²) >= 11 is 0. The van der Waals surface area contributed by atoms with Gasteiger partial charge in [-0.3, -0.25) is 0 Å². The molecule has 3 aromatic rings. The zero-order valence-electron chi connectivity index (χ0n) is 16.1. The van der Waals surface area contributed by atoms with E-state index in [4.69, 9.17) is 0 Å². The second-order valence-electron chi connectivity index (χ2n) is 7.12. The van der Waals surface area contributed by atoms with Gasteiger partial charge in [0.05, 0.1) is 0 Å². The number of benzene rings is 3. The van der Waals surface area contributed by atoms with Gasteiger partial charge < -0.3 is 15.3 Å². The van der Waals surface area contributed by atoms with Crippen LogP contribution in [0.15, 0.2) is 48.5 Å². The molecule has 0 amide bonds. The maximum Gasteiger partial charge on any atom is 0.122 e. The highest BCUT2D eigenvalue weighted by Crippen LogP contribution is 2.32. The first-order valence-electron chi connectivity index (χ1n) is 9.29. The molecule has 3 heteroatoms. The Kier molecular flexibility index (Phi) is 5.41. The molecule has 3 rings (SSSR count). The quantitative estimate of drug-likeness (QED) is 0.587. The number of hydrogen-bond acceptors (Lipinski definition) is 3. The minimum Gasteiger partial charge on any atom is -0.508 e. The smallest absolute Gasteiger partial charge is 0.122 e. The maximum absolute atomic E-state index is 10.4. The van der Waals surface area contributed by atoms with Crippen molar-refractivity contribution in [3.63, 3.8) is 0 Å². The molecule has 3 N–H and O–H groups in total. The summed E-state index contributed by atoms with van der Waals surface area (Å²) in [4.78, 5) is 0. The molecule has 27 heavy (non-hydrogen) atoms. The van der Waals surface area contributed by atoms with E-state index in [0.717, 1.165) is 45.4 Å². The highest BCUT2D eigenvalue weighted by atomic mass is 16.3. The van der Waals surface area contributed by atoms with Crippen LogP contribution in [0, 0.1) is 13.8 Å². The van der Waals surface area contributed by atoms with Crippen LogP contribution in [0.4, 0.5) is 0 Å². The second kappa shape index (κ2) is 7.75. The van der Waals surface area contributed by atoms with E-state index in [9.17, 15) is 15.3 Å². The van der Waals surface area contributed by atoms with Gasteiger partial charge in [-0.05, 0) is 59.7 Å². The van der Waals surface area contributed by atoms with Gasteiger partial charge in [-0.15, -0.1) is 0 Å². The molecule has 0 radical (unpaired) electrons. The minimum absolute atomic E-state index is 0.214. The van der Waals surface area contributed by atoms with E-state index in [2.05, 4.69) is 0 Å². The monoisotopic (exact) mass is 362 g/mol. The predicted molar refractivity (Wildman–Crippen MR) is 109 cm³/mol. The number of rotatable bonds is 5. The molecule has 0 aromatic heterocycles. The highest BCUT2D eigenvalue weighted by Gasteiger charge is 2.13. The van der Waals surface area contributed by atoms with Crippen LogP contribution in [0.2, 0.25) is 0 Å². The van der Waals surface area contributed by atoms with Crippen LogP contribution in [0.5, 0.6) is 17.2 Å². The first-order valence-corrected chi connectivity index (χ1v) is 9.29. The summed E-state index contributed by atoms with van der Waals surface area (Å²) in [6.45, 7) is 5.86. The van der Waals surface area contributed by atoms with E-state index in [1.54, 1.807) is 6.07 Å². The molecule has 0 aliphatic heterocycles. The summed E-state index contributed by atoms with van der Waals surface area (Å²) in [6, 6.07) is 15.2. The molecule has 0 saturated carbocycles. The molecule has 0 heterocycles. The molecule has 0 fully saturated rings. The number of phenols is 3. The molecule has 0 aliphatic carbocycles. The molecule has 0 atom stereocenters. The SMILES string of the molecule is CCc1cccc(Cc2ccc(O)c(Cc3c(C)ccc(C)c3O)c2)c1O. The van der Waals surface area contributed by atoms with Crippen molar-refractivity contribution in [2.45, 2.75) is 40.0 Å². The number of aryl methyl sites for hydroxylation is 3. The summed E-state index contributed by atoms with van der Waals surface area (Å²) in [6.07, 6.45) is 1.83. The van der Waals surface area contributed by atoms with Gasteiger partial charge in [-0.25, -0.2) is 0 Å². The third-order valence-corrected chi connectivity index (χ3v) is 5.21. The van der Waals surface area contributed by atoms with E-state index >= 15 is 0 Å². The van der Waals surface area contributed by atoms with Gasteiger partial charge in [-0.1, -0.05) is 49.4 Å². The second-order valence-corrected chi connectivity index (χ2v) is 7.12. The fourth-order valence-electron chi connectivity index (χ4n) is 3.45. The Morgan fingerprint density at radius 3 is 2.15 bits per heavy atom. The average Bonchev–Trinajstić information content (AvgIpc) is 2.66. The van der Waals surface area contributed by atoms with Crippen molar-refractivity contribution >= 4 is 0 Å². The Morgan fingerprint density at radius 1 is 0.704 bits per heavy atom. The third kappa shape index (κ3) is 3.92. The number of hydrogen-bond donors (Lipinski definition) is 3. The van der Waals surface area contributed by atoms with Crippen molar-refractivity contribution in [3.8, 4) is 17.2 Å². The first kappa shape index (κ1) is 18.8. The van der Waals surface area contributed by atoms with Crippen molar-refractivity contribution in [3.05, 3.63) is 87.5 Å². The molecule has 0 saturated heterocycles. The third-order valence-electron chi connectivity index (χ3n) is 5.21. The largest absolute Gasteiger partial charge is 0.508 e. The maximum atomic E-state index is 10.4. The molecule has 140 valence electrons. The van der Waals surface area contributed by atoms with Gasteiger partial charge in [-0.2, -0.15) is 0 Å². The summed E-state index contributed by atoms with van der Waals surface area (Å²) in [5.41, 5.74) is 6.24. The van der Waals surface area contributed by atoms with Crippen molar-refractivity contribution < 1.29 is 15.3 Å². The fourth-order valence-corrected chi connectivity index (χ4v) is 3.45. The van der Waals surface area contributed by atoms with Crippen LogP contribution in [-0.2, 0) is 19.3 Å².